The molecule has 3 N–H and O–H groups in total. The summed E-state index contributed by atoms with van der Waals surface area (Å²) in [6.07, 6.45) is 0.920. The zero-order valence-electron chi connectivity index (χ0n) is 8.23. The second-order valence-corrected chi connectivity index (χ2v) is 3.01. The van der Waals surface area contributed by atoms with Crippen molar-refractivity contribution >= 4 is 5.97 Å². The lowest BCUT2D eigenvalue weighted by atomic mass is 10.2. The normalized spacial score (nSPS) is 12.6. The molecule has 0 amide bonds. The molecule has 0 saturated carbocycles. The minimum atomic E-state index is -0.736. The molecule has 0 radical (unpaired) electrons. The van der Waals surface area contributed by atoms with E-state index in [1.54, 1.807) is 23.9 Å². The average molecular weight is 198 g/mol. The van der Waals surface area contributed by atoms with Crippen molar-refractivity contribution in [2.24, 2.45) is 12.8 Å². The summed E-state index contributed by atoms with van der Waals surface area (Å²) >= 11 is 0. The highest BCUT2D eigenvalue weighted by Gasteiger charge is 2.15. The number of aliphatic hydroxyl groups is 1. The van der Waals surface area contributed by atoms with E-state index in [-0.39, 0.29) is 6.54 Å². The van der Waals surface area contributed by atoms with Crippen LogP contribution in [0.5, 0.6) is 0 Å². The van der Waals surface area contributed by atoms with E-state index in [1.807, 2.05) is 0 Å². The second kappa shape index (κ2) is 4.26. The Hall–Kier alpha value is -1.33. The molecule has 0 aromatic carbocycles. The summed E-state index contributed by atoms with van der Waals surface area (Å²) in [5.74, 6) is -0.428. The van der Waals surface area contributed by atoms with Gasteiger partial charge in [0.25, 0.3) is 0 Å². The second-order valence-electron chi connectivity index (χ2n) is 3.01. The summed E-state index contributed by atoms with van der Waals surface area (Å²) in [5.41, 5.74) is 6.32. The number of hydrogen-bond acceptors (Lipinski definition) is 4. The van der Waals surface area contributed by atoms with E-state index >= 15 is 0 Å². The number of aryl methyl sites for hydroxylation is 1. The van der Waals surface area contributed by atoms with E-state index in [0.717, 1.165) is 0 Å². The van der Waals surface area contributed by atoms with Gasteiger partial charge < -0.3 is 20.1 Å². The maximum Gasteiger partial charge on any atom is 0.354 e. The van der Waals surface area contributed by atoms with E-state index in [0.29, 0.717) is 11.3 Å². The summed E-state index contributed by atoms with van der Waals surface area (Å²) in [5, 5.41) is 9.43. The van der Waals surface area contributed by atoms with Crippen LogP contribution in [0.15, 0.2) is 12.3 Å². The standard InChI is InChI=1S/C9H14N2O3/c1-11-5-6(8(12)4-10)3-7(11)9(13)14-2/h3,5,8,12H,4,10H2,1-2H3. The number of carbonyl (C=O) groups excluding carboxylic acids is 1. The van der Waals surface area contributed by atoms with Gasteiger partial charge in [0.2, 0.25) is 0 Å². The maximum absolute atomic E-state index is 11.2. The molecule has 0 aliphatic heterocycles. The molecule has 0 spiro atoms. The molecular formula is C9H14N2O3. The third-order valence-electron chi connectivity index (χ3n) is 2.03. The molecule has 0 saturated heterocycles. The van der Waals surface area contributed by atoms with Crippen molar-refractivity contribution in [2.75, 3.05) is 13.7 Å². The van der Waals surface area contributed by atoms with Gasteiger partial charge >= 0.3 is 5.97 Å². The Balaban J connectivity index is 2.98. The van der Waals surface area contributed by atoms with Crippen molar-refractivity contribution in [1.82, 2.24) is 4.57 Å². The highest BCUT2D eigenvalue weighted by molar-refractivity contribution is 5.87. The summed E-state index contributed by atoms with van der Waals surface area (Å²) < 4.78 is 6.17. The number of nitrogens with zero attached hydrogens (tertiary/aromatic N) is 1. The Morgan fingerprint density at radius 3 is 2.93 bits per heavy atom. The van der Waals surface area contributed by atoms with E-state index < -0.39 is 12.1 Å². The van der Waals surface area contributed by atoms with Crippen LogP contribution >= 0.6 is 0 Å². The highest BCUT2D eigenvalue weighted by Crippen LogP contribution is 2.15. The van der Waals surface area contributed by atoms with Crippen molar-refractivity contribution in [1.29, 1.82) is 0 Å². The number of hydrogen-bond donors (Lipinski definition) is 2. The molecule has 78 valence electrons. The number of methoxy groups -OCH3 is 1. The van der Waals surface area contributed by atoms with Crippen LogP contribution < -0.4 is 5.73 Å². The molecule has 1 rings (SSSR count). The first kappa shape index (κ1) is 10.7. The summed E-state index contributed by atoms with van der Waals surface area (Å²) in [6.45, 7) is 0.130. The molecule has 1 aromatic rings. The molecular weight excluding hydrogens is 184 g/mol. The quantitative estimate of drug-likeness (QED) is 0.659. The molecule has 1 unspecified atom stereocenters. The van der Waals surface area contributed by atoms with Gasteiger partial charge in [-0.05, 0) is 6.07 Å². The SMILES string of the molecule is COC(=O)c1cc(C(O)CN)cn1C. The van der Waals surface area contributed by atoms with Gasteiger partial charge in [0, 0.05) is 25.4 Å². The average Bonchev–Trinajstić information content (AvgIpc) is 2.58. The molecule has 0 fully saturated rings. The molecule has 1 heterocycles. The van der Waals surface area contributed by atoms with E-state index in [4.69, 9.17) is 5.73 Å². The fourth-order valence-electron chi connectivity index (χ4n) is 1.22. The van der Waals surface area contributed by atoms with Crippen LogP contribution in [0.4, 0.5) is 0 Å². The van der Waals surface area contributed by atoms with Gasteiger partial charge in [-0.2, -0.15) is 0 Å². The Morgan fingerprint density at radius 2 is 2.43 bits per heavy atom. The molecule has 1 aromatic heterocycles. The van der Waals surface area contributed by atoms with Gasteiger partial charge in [-0.15, -0.1) is 0 Å². The van der Waals surface area contributed by atoms with Gasteiger partial charge in [0.1, 0.15) is 5.69 Å². The van der Waals surface area contributed by atoms with Gasteiger partial charge in [-0.3, -0.25) is 0 Å². The third-order valence-corrected chi connectivity index (χ3v) is 2.03. The predicted molar refractivity (Wildman–Crippen MR) is 50.8 cm³/mol. The Labute approximate surface area is 82.1 Å². The lowest BCUT2D eigenvalue weighted by Crippen LogP contribution is -2.10. The Morgan fingerprint density at radius 1 is 1.79 bits per heavy atom. The molecule has 5 heteroatoms. The maximum atomic E-state index is 11.2. The van der Waals surface area contributed by atoms with E-state index in [2.05, 4.69) is 4.74 Å². The minimum absolute atomic E-state index is 0.130. The van der Waals surface area contributed by atoms with Gasteiger partial charge in [0.05, 0.1) is 13.2 Å². The van der Waals surface area contributed by atoms with Gasteiger partial charge in [-0.1, -0.05) is 0 Å². The monoisotopic (exact) mass is 198 g/mol. The molecule has 5 nitrogen and oxygen atoms in total. The molecule has 1 atom stereocenters. The van der Waals surface area contributed by atoms with Crippen LogP contribution in [-0.2, 0) is 11.8 Å². The van der Waals surface area contributed by atoms with E-state index in [9.17, 15) is 9.90 Å². The van der Waals surface area contributed by atoms with Crippen LogP contribution in [-0.4, -0.2) is 29.3 Å². The van der Waals surface area contributed by atoms with E-state index in [1.165, 1.54) is 7.11 Å². The number of carbonyl (C=O) groups is 1. The Bertz CT molecular complexity index is 333. The molecule has 0 bridgehead atoms. The number of aromatic nitrogens is 1. The lowest BCUT2D eigenvalue weighted by Gasteiger charge is -2.02. The highest BCUT2D eigenvalue weighted by atomic mass is 16.5. The zero-order valence-corrected chi connectivity index (χ0v) is 8.23. The van der Waals surface area contributed by atoms with Crippen LogP contribution in [0.1, 0.15) is 22.2 Å². The Kier molecular flexibility index (Phi) is 3.27. The molecule has 0 aliphatic carbocycles. The molecule has 14 heavy (non-hydrogen) atoms. The number of nitrogens with two attached hydrogens (primary N) is 1. The topological polar surface area (TPSA) is 77.5 Å². The summed E-state index contributed by atoms with van der Waals surface area (Å²) in [7, 11) is 3.02. The predicted octanol–water partition coefficient (Wildman–Crippen LogP) is -0.196. The van der Waals surface area contributed by atoms with Crippen molar-refractivity contribution in [3.05, 3.63) is 23.5 Å². The van der Waals surface area contributed by atoms with Crippen molar-refractivity contribution in [2.45, 2.75) is 6.10 Å². The number of aliphatic hydroxyl groups excluding tert-OH is 1. The zero-order chi connectivity index (χ0) is 10.7. The lowest BCUT2D eigenvalue weighted by molar-refractivity contribution is 0.0590. The number of rotatable bonds is 3. The first-order chi connectivity index (χ1) is 6.60. The van der Waals surface area contributed by atoms with Crippen molar-refractivity contribution < 1.29 is 14.6 Å². The summed E-state index contributed by atoms with van der Waals surface area (Å²) in [6, 6.07) is 1.57. The largest absolute Gasteiger partial charge is 0.464 e. The fraction of sp³-hybridized carbons (Fsp3) is 0.444. The number of ether oxygens (including phenoxy) is 1. The third kappa shape index (κ3) is 1.94. The number of esters is 1. The van der Waals surface area contributed by atoms with Gasteiger partial charge in [-0.25, -0.2) is 4.79 Å². The van der Waals surface area contributed by atoms with Crippen LogP contribution in [0, 0.1) is 0 Å². The first-order valence-electron chi connectivity index (χ1n) is 4.22. The smallest absolute Gasteiger partial charge is 0.354 e. The minimum Gasteiger partial charge on any atom is -0.464 e. The van der Waals surface area contributed by atoms with Crippen molar-refractivity contribution in [3.63, 3.8) is 0 Å². The molecule has 0 aliphatic rings. The van der Waals surface area contributed by atoms with Crippen molar-refractivity contribution in [3.8, 4) is 0 Å². The van der Waals surface area contributed by atoms with Gasteiger partial charge in [0.15, 0.2) is 0 Å². The van der Waals surface area contributed by atoms with Crippen LogP contribution in [0.3, 0.4) is 0 Å². The van der Waals surface area contributed by atoms with Crippen LogP contribution in [0.2, 0.25) is 0 Å². The first-order valence-corrected chi connectivity index (χ1v) is 4.22. The van der Waals surface area contributed by atoms with Crippen LogP contribution in [0.25, 0.3) is 0 Å². The summed E-state index contributed by atoms with van der Waals surface area (Å²) in [4.78, 5) is 11.2. The fourth-order valence-corrected chi connectivity index (χ4v) is 1.22.